The minimum absolute atomic E-state index is 0.190. The van der Waals surface area contributed by atoms with E-state index >= 15 is 0 Å². The summed E-state index contributed by atoms with van der Waals surface area (Å²) in [5, 5.41) is 9.85. The maximum absolute atomic E-state index is 9.56. The number of nitrogens with zero attached hydrogens (tertiary/aromatic N) is 1. The van der Waals surface area contributed by atoms with E-state index in [2.05, 4.69) is 44.0 Å². The zero-order valence-corrected chi connectivity index (χ0v) is 22.9. The Labute approximate surface area is 213 Å². The van der Waals surface area contributed by atoms with Gasteiger partial charge in [0, 0.05) is 22.7 Å². The lowest BCUT2D eigenvalue weighted by Crippen LogP contribution is -2.26. The van der Waals surface area contributed by atoms with Crippen molar-refractivity contribution in [1.29, 1.82) is 0 Å². The summed E-state index contributed by atoms with van der Waals surface area (Å²) >= 11 is 0. The standard InChI is InChI=1S/C18H27NO.C10H12.C3H6O2/c1-6-9-16(10-7-2)20-17-12-11-14(4)18(13-17)15(5)19-8-3;1-5-10(4)8-6-7-9(2)3;1-3(5)2-4/h8,11-13,16H,4,6-7,9-10H2,1-3,5H3;1,6-8H,4H2,2-3H3;4H,2H2,1H3/b18-15-,19-8?;8-6-;. The lowest BCUT2D eigenvalue weighted by molar-refractivity contribution is -0.119. The molecule has 0 radical (unpaired) electrons. The third kappa shape index (κ3) is 18.9. The maximum atomic E-state index is 9.56. The van der Waals surface area contributed by atoms with Crippen LogP contribution in [0.3, 0.4) is 0 Å². The summed E-state index contributed by atoms with van der Waals surface area (Å²) in [6.07, 6.45) is 17.4. The minimum atomic E-state index is -0.333. The summed E-state index contributed by atoms with van der Waals surface area (Å²) in [4.78, 5) is 13.9. The molecule has 0 aliphatic rings. The van der Waals surface area contributed by atoms with Crippen molar-refractivity contribution < 1.29 is 14.6 Å². The number of rotatable bonds is 10. The van der Waals surface area contributed by atoms with E-state index in [1.807, 2.05) is 58.1 Å². The number of aliphatic hydroxyl groups excluding tert-OH is 1. The van der Waals surface area contributed by atoms with Gasteiger partial charge in [-0.1, -0.05) is 69.6 Å². The van der Waals surface area contributed by atoms with Crippen LogP contribution in [0.2, 0.25) is 0 Å². The topological polar surface area (TPSA) is 58.9 Å². The zero-order valence-electron chi connectivity index (χ0n) is 22.9. The van der Waals surface area contributed by atoms with Gasteiger partial charge in [-0.3, -0.25) is 9.79 Å². The molecule has 0 aliphatic heterocycles. The summed E-state index contributed by atoms with van der Waals surface area (Å²) in [7, 11) is 0. The van der Waals surface area contributed by atoms with Crippen LogP contribution in [-0.2, 0) is 4.79 Å². The number of ketones is 1. The number of aliphatic imine (C=N–C) groups is 1. The second kappa shape index (κ2) is 21.4. The third-order valence-electron chi connectivity index (χ3n) is 4.45. The Kier molecular flexibility index (Phi) is 20.8. The molecule has 0 atom stereocenters. The van der Waals surface area contributed by atoms with Crippen LogP contribution in [0, 0.1) is 12.3 Å². The molecule has 0 bridgehead atoms. The summed E-state index contributed by atoms with van der Waals surface area (Å²) in [5.74, 6) is 3.16. The number of carbonyl (C=O) groups excluding carboxylic acids is 1. The Morgan fingerprint density at radius 3 is 2.20 bits per heavy atom. The molecule has 35 heavy (non-hydrogen) atoms. The number of carbonyl (C=O) groups is 1. The van der Waals surface area contributed by atoms with Crippen molar-refractivity contribution in [3.05, 3.63) is 64.6 Å². The smallest absolute Gasteiger partial charge is 0.155 e. The largest absolute Gasteiger partial charge is 0.490 e. The number of hydrogen-bond acceptors (Lipinski definition) is 4. The molecule has 0 spiro atoms. The molecule has 4 heteroatoms. The van der Waals surface area contributed by atoms with E-state index in [1.165, 1.54) is 12.5 Å². The predicted octanol–water partition coefficient (Wildman–Crippen LogP) is 5.93. The van der Waals surface area contributed by atoms with E-state index < -0.39 is 0 Å². The van der Waals surface area contributed by atoms with Crippen molar-refractivity contribution in [1.82, 2.24) is 0 Å². The normalized spacial score (nSPS) is 11.1. The second-order valence-corrected chi connectivity index (χ2v) is 8.24. The quantitative estimate of drug-likeness (QED) is 0.257. The van der Waals surface area contributed by atoms with E-state index in [1.54, 1.807) is 6.21 Å². The fraction of sp³-hybridized carbons (Fsp3) is 0.419. The van der Waals surface area contributed by atoms with Gasteiger partial charge in [0.15, 0.2) is 5.78 Å². The second-order valence-electron chi connectivity index (χ2n) is 8.24. The number of hydrogen-bond donors (Lipinski definition) is 1. The molecule has 0 amide bonds. The van der Waals surface area contributed by atoms with Gasteiger partial charge >= 0.3 is 0 Å². The predicted molar refractivity (Wildman–Crippen MR) is 153 cm³/mol. The van der Waals surface area contributed by atoms with Gasteiger partial charge in [0.05, 0.1) is 6.10 Å². The molecular formula is C31H45NO3. The summed E-state index contributed by atoms with van der Waals surface area (Å²) in [6.45, 7) is 21.1. The molecule has 0 fully saturated rings. The van der Waals surface area contributed by atoms with Crippen LogP contribution in [0.15, 0.2) is 59.1 Å². The Balaban J connectivity index is 0. The van der Waals surface area contributed by atoms with Gasteiger partial charge in [-0.2, -0.15) is 0 Å². The van der Waals surface area contributed by atoms with Crippen LogP contribution in [0.1, 0.15) is 74.1 Å². The van der Waals surface area contributed by atoms with E-state index in [0.29, 0.717) is 11.7 Å². The fourth-order valence-corrected chi connectivity index (χ4v) is 2.73. The Bertz CT molecular complexity index is 997. The van der Waals surface area contributed by atoms with Crippen LogP contribution in [-0.4, -0.2) is 29.8 Å². The molecule has 0 saturated heterocycles. The highest BCUT2D eigenvalue weighted by Crippen LogP contribution is 2.15. The Morgan fingerprint density at radius 1 is 1.20 bits per heavy atom. The average Bonchev–Trinajstić information content (AvgIpc) is 2.81. The first kappa shape index (κ1) is 34.0. The Hall–Kier alpha value is -3.16. The van der Waals surface area contributed by atoms with Crippen LogP contribution in [0.25, 0.3) is 12.3 Å². The molecular weight excluding hydrogens is 434 g/mol. The van der Waals surface area contributed by atoms with Crippen molar-refractivity contribution in [2.45, 2.75) is 80.3 Å². The van der Waals surface area contributed by atoms with Crippen molar-refractivity contribution >= 4 is 24.3 Å². The highest BCUT2D eigenvalue weighted by molar-refractivity contribution is 5.76. The highest BCUT2D eigenvalue weighted by atomic mass is 16.5. The van der Waals surface area contributed by atoms with Gasteiger partial charge in [0.2, 0.25) is 0 Å². The molecule has 1 N–H and O–H groups in total. The first-order valence-electron chi connectivity index (χ1n) is 12.1. The molecule has 192 valence electrons. The SMILES string of the molecule is C#CC(=C)/C=C\C=C(C)C.C=c1ccc(OC(CCC)CCC)c/c1=C(\C)N=CC.CC(=O)CO. The van der Waals surface area contributed by atoms with Crippen molar-refractivity contribution in [3.63, 3.8) is 0 Å². The van der Waals surface area contributed by atoms with Gasteiger partial charge in [-0.15, -0.1) is 6.42 Å². The van der Waals surface area contributed by atoms with E-state index in [0.717, 1.165) is 47.6 Å². The maximum Gasteiger partial charge on any atom is 0.155 e. The van der Waals surface area contributed by atoms with Gasteiger partial charge in [-0.05, 0) is 70.9 Å². The number of aliphatic hydroxyl groups is 1. The van der Waals surface area contributed by atoms with Gasteiger partial charge in [0.25, 0.3) is 0 Å². The lowest BCUT2D eigenvalue weighted by atomic mass is 10.1. The number of benzene rings is 1. The zero-order chi connectivity index (χ0) is 27.2. The molecule has 0 heterocycles. The van der Waals surface area contributed by atoms with Gasteiger partial charge in [0.1, 0.15) is 12.4 Å². The average molecular weight is 480 g/mol. The highest BCUT2D eigenvalue weighted by Gasteiger charge is 2.08. The molecule has 0 unspecified atom stereocenters. The van der Waals surface area contributed by atoms with E-state index in [9.17, 15) is 4.79 Å². The fourth-order valence-electron chi connectivity index (χ4n) is 2.73. The van der Waals surface area contributed by atoms with Gasteiger partial charge < -0.3 is 9.84 Å². The molecule has 1 aromatic rings. The van der Waals surface area contributed by atoms with Crippen LogP contribution in [0.5, 0.6) is 5.75 Å². The molecule has 0 aliphatic carbocycles. The van der Waals surface area contributed by atoms with Gasteiger partial charge in [-0.25, -0.2) is 0 Å². The first-order chi connectivity index (χ1) is 16.6. The lowest BCUT2D eigenvalue weighted by Gasteiger charge is -2.18. The number of allylic oxidation sites excluding steroid dienone is 5. The third-order valence-corrected chi connectivity index (χ3v) is 4.45. The molecule has 4 nitrogen and oxygen atoms in total. The molecule has 0 saturated carbocycles. The van der Waals surface area contributed by atoms with Crippen LogP contribution >= 0.6 is 0 Å². The molecule has 1 rings (SSSR count). The minimum Gasteiger partial charge on any atom is -0.490 e. The number of Topliss-reactive ketones (excluding diaryl/α,β-unsaturated/α-hetero) is 1. The summed E-state index contributed by atoms with van der Waals surface area (Å²) in [6, 6.07) is 6.07. The Morgan fingerprint density at radius 2 is 1.77 bits per heavy atom. The van der Waals surface area contributed by atoms with E-state index in [-0.39, 0.29) is 12.4 Å². The summed E-state index contributed by atoms with van der Waals surface area (Å²) in [5.41, 5.74) is 2.93. The molecule has 0 aromatic heterocycles. The van der Waals surface area contributed by atoms with Crippen molar-refractivity contribution in [2.24, 2.45) is 4.99 Å². The summed E-state index contributed by atoms with van der Waals surface area (Å²) < 4.78 is 6.13. The number of ether oxygens (including phenoxy) is 1. The number of terminal acetylenes is 1. The van der Waals surface area contributed by atoms with Crippen molar-refractivity contribution in [2.75, 3.05) is 6.61 Å². The monoisotopic (exact) mass is 479 g/mol. The van der Waals surface area contributed by atoms with Crippen LogP contribution in [0.4, 0.5) is 0 Å². The van der Waals surface area contributed by atoms with Crippen LogP contribution < -0.4 is 15.2 Å². The van der Waals surface area contributed by atoms with Crippen molar-refractivity contribution in [3.8, 4) is 18.1 Å². The molecule has 1 aromatic carbocycles. The first-order valence-corrected chi connectivity index (χ1v) is 12.1. The van der Waals surface area contributed by atoms with E-state index in [4.69, 9.17) is 16.3 Å².